The summed E-state index contributed by atoms with van der Waals surface area (Å²) < 4.78 is 0. The first-order valence-corrected chi connectivity index (χ1v) is 7.81. The molecule has 114 valence electrons. The number of carbonyl (C=O) groups is 1. The zero-order chi connectivity index (χ0) is 16.3. The van der Waals surface area contributed by atoms with Gasteiger partial charge in [0.15, 0.2) is 5.11 Å². The quantitative estimate of drug-likeness (QED) is 0.668. The molecule has 2 aromatic rings. The zero-order valence-corrected chi connectivity index (χ0v) is 14.6. The van der Waals surface area contributed by atoms with Gasteiger partial charge in [-0.2, -0.15) is 0 Å². The summed E-state index contributed by atoms with van der Waals surface area (Å²) in [4.78, 5) is 12.1. The molecule has 0 unspecified atom stereocenters. The Balaban J connectivity index is 2.06. The Labute approximate surface area is 152 Å². The minimum Gasteiger partial charge on any atom is -0.331 e. The molecular weight excluding hydrogens is 386 g/mol. The van der Waals surface area contributed by atoms with Gasteiger partial charge in [-0.05, 0) is 48.6 Å². The first-order chi connectivity index (χ1) is 10.4. The van der Waals surface area contributed by atoms with Gasteiger partial charge in [0.25, 0.3) is 5.91 Å². The Morgan fingerprint density at radius 2 is 1.59 bits per heavy atom. The summed E-state index contributed by atoms with van der Waals surface area (Å²) in [7, 11) is 0. The first kappa shape index (κ1) is 17.3. The maximum absolute atomic E-state index is 12.1. The Bertz CT molecular complexity index is 752. The molecule has 0 radical (unpaired) electrons. The normalized spacial score (nSPS) is 10.2. The molecule has 0 aliphatic rings. The van der Waals surface area contributed by atoms with Gasteiger partial charge in [0.2, 0.25) is 0 Å². The number of anilines is 1. The maximum Gasteiger partial charge on any atom is 0.257 e. The minimum atomic E-state index is -0.422. The van der Waals surface area contributed by atoms with E-state index in [-0.39, 0.29) is 10.1 Å². The summed E-state index contributed by atoms with van der Waals surface area (Å²) in [5.74, 6) is -0.422. The van der Waals surface area contributed by atoms with Crippen LogP contribution in [-0.2, 0) is 0 Å². The second kappa shape index (κ2) is 7.49. The molecule has 0 saturated carbocycles. The van der Waals surface area contributed by atoms with Gasteiger partial charge in [0.1, 0.15) is 0 Å². The molecule has 2 rings (SSSR count). The van der Waals surface area contributed by atoms with E-state index < -0.39 is 5.91 Å². The van der Waals surface area contributed by atoms with Crippen LogP contribution in [0.4, 0.5) is 5.69 Å². The molecule has 0 heterocycles. The molecular formula is C14H8Cl4N2OS. The van der Waals surface area contributed by atoms with Crippen molar-refractivity contribution in [3.8, 4) is 0 Å². The van der Waals surface area contributed by atoms with Crippen LogP contribution in [0.15, 0.2) is 36.4 Å². The number of hydrogen-bond donors (Lipinski definition) is 2. The van der Waals surface area contributed by atoms with Crippen LogP contribution in [0.1, 0.15) is 10.4 Å². The molecule has 0 aromatic heterocycles. The van der Waals surface area contributed by atoms with E-state index in [1.165, 1.54) is 12.1 Å². The lowest BCUT2D eigenvalue weighted by atomic mass is 10.2. The number of carbonyl (C=O) groups excluding carboxylic acids is 1. The van der Waals surface area contributed by atoms with Gasteiger partial charge in [0.05, 0.1) is 20.8 Å². The molecule has 1 amide bonds. The third-order valence-electron chi connectivity index (χ3n) is 2.59. The van der Waals surface area contributed by atoms with E-state index in [9.17, 15) is 4.79 Å². The second-order valence-electron chi connectivity index (χ2n) is 4.16. The predicted octanol–water partition coefficient (Wildman–Crippen LogP) is 5.43. The Morgan fingerprint density at radius 3 is 2.27 bits per heavy atom. The van der Waals surface area contributed by atoms with Crippen molar-refractivity contribution in [2.24, 2.45) is 0 Å². The predicted molar refractivity (Wildman–Crippen MR) is 96.6 cm³/mol. The first-order valence-electron chi connectivity index (χ1n) is 5.89. The molecule has 0 spiro atoms. The van der Waals surface area contributed by atoms with Gasteiger partial charge < -0.3 is 5.32 Å². The average molecular weight is 394 g/mol. The van der Waals surface area contributed by atoms with Crippen LogP contribution in [0.3, 0.4) is 0 Å². The van der Waals surface area contributed by atoms with Crippen LogP contribution in [-0.4, -0.2) is 11.0 Å². The van der Waals surface area contributed by atoms with E-state index in [0.29, 0.717) is 26.3 Å². The average Bonchev–Trinajstić information content (AvgIpc) is 2.45. The molecule has 0 bridgehead atoms. The highest BCUT2D eigenvalue weighted by Gasteiger charge is 2.11. The minimum absolute atomic E-state index is 0.0836. The molecule has 0 aliphatic heterocycles. The van der Waals surface area contributed by atoms with E-state index in [4.69, 9.17) is 58.6 Å². The molecule has 22 heavy (non-hydrogen) atoms. The smallest absolute Gasteiger partial charge is 0.257 e. The van der Waals surface area contributed by atoms with Gasteiger partial charge in [-0.15, -0.1) is 0 Å². The third-order valence-corrected chi connectivity index (χ3v) is 4.09. The topological polar surface area (TPSA) is 41.1 Å². The van der Waals surface area contributed by atoms with Crippen LogP contribution in [0, 0.1) is 0 Å². The number of benzene rings is 2. The third kappa shape index (κ3) is 4.48. The van der Waals surface area contributed by atoms with Crippen LogP contribution in [0.5, 0.6) is 0 Å². The highest BCUT2D eigenvalue weighted by Crippen LogP contribution is 2.25. The molecule has 2 aromatic carbocycles. The zero-order valence-electron chi connectivity index (χ0n) is 10.8. The number of hydrogen-bond acceptors (Lipinski definition) is 2. The molecule has 2 N–H and O–H groups in total. The molecule has 8 heteroatoms. The van der Waals surface area contributed by atoms with Crippen LogP contribution in [0.25, 0.3) is 0 Å². The van der Waals surface area contributed by atoms with Crippen LogP contribution >= 0.6 is 58.6 Å². The highest BCUT2D eigenvalue weighted by molar-refractivity contribution is 7.80. The summed E-state index contributed by atoms with van der Waals surface area (Å²) >= 11 is 28.6. The fourth-order valence-electron chi connectivity index (χ4n) is 1.56. The van der Waals surface area contributed by atoms with Gasteiger partial charge in [-0.25, -0.2) is 0 Å². The van der Waals surface area contributed by atoms with Gasteiger partial charge in [0, 0.05) is 10.6 Å². The largest absolute Gasteiger partial charge is 0.331 e. The van der Waals surface area contributed by atoms with Gasteiger partial charge in [-0.3, -0.25) is 10.1 Å². The van der Waals surface area contributed by atoms with Gasteiger partial charge >= 0.3 is 0 Å². The summed E-state index contributed by atoms with van der Waals surface area (Å²) in [6.45, 7) is 0. The van der Waals surface area contributed by atoms with E-state index in [1.54, 1.807) is 24.3 Å². The van der Waals surface area contributed by atoms with E-state index in [2.05, 4.69) is 10.6 Å². The van der Waals surface area contributed by atoms with Crippen molar-refractivity contribution in [3.63, 3.8) is 0 Å². The van der Waals surface area contributed by atoms with Crippen molar-refractivity contribution in [2.45, 2.75) is 0 Å². The van der Waals surface area contributed by atoms with E-state index >= 15 is 0 Å². The second-order valence-corrected chi connectivity index (χ2v) is 6.23. The summed E-state index contributed by atoms with van der Waals surface area (Å²) in [5.41, 5.74) is 0.823. The van der Waals surface area contributed by atoms with Crippen LogP contribution in [0.2, 0.25) is 20.1 Å². The fourth-order valence-corrected chi connectivity index (χ4v) is 2.40. The fraction of sp³-hybridized carbons (Fsp3) is 0. The lowest BCUT2D eigenvalue weighted by Crippen LogP contribution is -2.34. The monoisotopic (exact) mass is 392 g/mol. The molecule has 3 nitrogen and oxygen atoms in total. The molecule has 0 saturated heterocycles. The van der Waals surface area contributed by atoms with Gasteiger partial charge in [-0.1, -0.05) is 46.4 Å². The lowest BCUT2D eigenvalue weighted by Gasteiger charge is -2.11. The van der Waals surface area contributed by atoms with Crippen molar-refractivity contribution in [1.29, 1.82) is 0 Å². The van der Waals surface area contributed by atoms with Crippen molar-refractivity contribution in [3.05, 3.63) is 62.1 Å². The van der Waals surface area contributed by atoms with Crippen molar-refractivity contribution >= 4 is 75.3 Å². The summed E-state index contributed by atoms with van der Waals surface area (Å²) in [6.07, 6.45) is 0. The summed E-state index contributed by atoms with van der Waals surface area (Å²) in [5, 5.41) is 6.97. The number of nitrogens with one attached hydrogen (secondary N) is 2. The number of amides is 1. The van der Waals surface area contributed by atoms with E-state index in [1.807, 2.05) is 0 Å². The SMILES string of the molecule is O=C(NC(=S)Nc1cc(Cl)ccc1Cl)c1ccc(Cl)c(Cl)c1. The van der Waals surface area contributed by atoms with Crippen molar-refractivity contribution < 1.29 is 4.79 Å². The van der Waals surface area contributed by atoms with Crippen molar-refractivity contribution in [2.75, 3.05) is 5.32 Å². The number of halogens is 4. The Hall–Kier alpha value is -1.04. The van der Waals surface area contributed by atoms with Crippen LogP contribution < -0.4 is 10.6 Å². The molecule has 0 fully saturated rings. The molecule has 0 atom stereocenters. The number of thiocarbonyl (C=S) groups is 1. The standard InChI is InChI=1S/C14H8Cl4N2OS/c15-8-2-4-10(17)12(6-8)19-14(22)20-13(21)7-1-3-9(16)11(18)5-7/h1-6H,(H2,19,20,21,22). The molecule has 0 aliphatic carbocycles. The highest BCUT2D eigenvalue weighted by atomic mass is 35.5. The van der Waals surface area contributed by atoms with E-state index in [0.717, 1.165) is 0 Å². The summed E-state index contributed by atoms with van der Waals surface area (Å²) in [6, 6.07) is 9.39. The Morgan fingerprint density at radius 1 is 0.909 bits per heavy atom. The lowest BCUT2D eigenvalue weighted by molar-refractivity contribution is 0.0978. The number of rotatable bonds is 2. The maximum atomic E-state index is 12.1. The van der Waals surface area contributed by atoms with Crippen molar-refractivity contribution in [1.82, 2.24) is 5.32 Å². The Kier molecular flexibility index (Phi) is 5.89.